The van der Waals surface area contributed by atoms with E-state index in [0.717, 1.165) is 36.1 Å². The van der Waals surface area contributed by atoms with Crippen LogP contribution in [0.4, 0.5) is 0 Å². The first kappa shape index (κ1) is 15.5. The Hall–Kier alpha value is -2.40. The van der Waals surface area contributed by atoms with Gasteiger partial charge in [-0.2, -0.15) is 0 Å². The standard InChI is InChI=1S/C18H21N3O2/c19-16(11-13-5-1-2-9-20-13)18(23)21-17-6-3-4-12-10-14(22)7-8-15(12)17/h1-2,5,7-10,16-17,22H,3-4,6,11,19H2,(H,21,23)/t16-,17?/m1/s1. The first-order valence-corrected chi connectivity index (χ1v) is 7.91. The van der Waals surface area contributed by atoms with Gasteiger partial charge in [-0.15, -0.1) is 0 Å². The Morgan fingerprint density at radius 2 is 2.26 bits per heavy atom. The SMILES string of the molecule is N[C@H](Cc1ccccn1)C(=O)NC1CCCc2cc(O)ccc21. The molecule has 2 atom stereocenters. The summed E-state index contributed by atoms with van der Waals surface area (Å²) in [7, 11) is 0. The van der Waals surface area contributed by atoms with Gasteiger partial charge in [0.2, 0.25) is 5.91 Å². The molecule has 0 saturated carbocycles. The number of aryl methyl sites for hydroxylation is 1. The van der Waals surface area contributed by atoms with Crippen LogP contribution in [0.3, 0.4) is 0 Å². The van der Waals surface area contributed by atoms with E-state index in [1.807, 2.05) is 24.3 Å². The maximum Gasteiger partial charge on any atom is 0.237 e. The number of carbonyl (C=O) groups excluding carboxylic acids is 1. The van der Waals surface area contributed by atoms with Gasteiger partial charge in [0.15, 0.2) is 0 Å². The molecule has 0 spiro atoms. The van der Waals surface area contributed by atoms with E-state index in [1.54, 1.807) is 18.3 Å². The summed E-state index contributed by atoms with van der Waals surface area (Å²) in [5.74, 6) is 0.101. The molecule has 1 heterocycles. The molecule has 0 radical (unpaired) electrons. The number of aromatic nitrogens is 1. The van der Waals surface area contributed by atoms with E-state index >= 15 is 0 Å². The predicted octanol–water partition coefficient (Wildman–Crippen LogP) is 1.85. The summed E-state index contributed by atoms with van der Waals surface area (Å²) in [6.45, 7) is 0. The molecule has 4 N–H and O–H groups in total. The number of phenols is 1. The number of amides is 1. The number of nitrogens with one attached hydrogen (secondary N) is 1. The van der Waals surface area contributed by atoms with Crippen LogP contribution in [-0.4, -0.2) is 22.0 Å². The third-order valence-corrected chi connectivity index (χ3v) is 4.25. The lowest BCUT2D eigenvalue weighted by molar-refractivity contribution is -0.123. The molecular formula is C18H21N3O2. The van der Waals surface area contributed by atoms with Gasteiger partial charge in [-0.1, -0.05) is 12.1 Å². The first-order chi connectivity index (χ1) is 11.1. The molecule has 0 aliphatic heterocycles. The van der Waals surface area contributed by atoms with E-state index in [9.17, 15) is 9.90 Å². The van der Waals surface area contributed by atoms with Crippen LogP contribution in [-0.2, 0) is 17.6 Å². The van der Waals surface area contributed by atoms with E-state index in [-0.39, 0.29) is 17.7 Å². The largest absolute Gasteiger partial charge is 0.508 e. The molecular weight excluding hydrogens is 290 g/mol. The minimum absolute atomic E-state index is 0.0402. The van der Waals surface area contributed by atoms with Crippen molar-refractivity contribution >= 4 is 5.91 Å². The Balaban J connectivity index is 1.67. The van der Waals surface area contributed by atoms with Crippen LogP contribution in [0, 0.1) is 0 Å². The molecule has 2 aromatic rings. The molecule has 1 unspecified atom stereocenters. The Labute approximate surface area is 135 Å². The van der Waals surface area contributed by atoms with Crippen molar-refractivity contribution in [2.45, 2.75) is 37.8 Å². The van der Waals surface area contributed by atoms with Crippen LogP contribution in [0.25, 0.3) is 0 Å². The zero-order valence-corrected chi connectivity index (χ0v) is 12.9. The van der Waals surface area contributed by atoms with Gasteiger partial charge in [0.25, 0.3) is 0 Å². The molecule has 23 heavy (non-hydrogen) atoms. The van der Waals surface area contributed by atoms with Crippen LogP contribution in [0.15, 0.2) is 42.6 Å². The molecule has 0 saturated heterocycles. The fourth-order valence-electron chi connectivity index (χ4n) is 3.07. The molecule has 0 bridgehead atoms. The summed E-state index contributed by atoms with van der Waals surface area (Å²) in [4.78, 5) is 16.6. The van der Waals surface area contributed by atoms with Crippen LogP contribution in [0.5, 0.6) is 5.75 Å². The summed E-state index contributed by atoms with van der Waals surface area (Å²) in [6, 6.07) is 10.3. The van der Waals surface area contributed by atoms with Crippen molar-refractivity contribution < 1.29 is 9.90 Å². The lowest BCUT2D eigenvalue weighted by Gasteiger charge is -2.27. The number of fused-ring (bicyclic) bond motifs is 1. The highest BCUT2D eigenvalue weighted by atomic mass is 16.3. The van der Waals surface area contributed by atoms with Crippen LogP contribution >= 0.6 is 0 Å². The first-order valence-electron chi connectivity index (χ1n) is 7.91. The minimum Gasteiger partial charge on any atom is -0.508 e. The van der Waals surface area contributed by atoms with Crippen molar-refractivity contribution in [3.05, 3.63) is 59.4 Å². The highest BCUT2D eigenvalue weighted by molar-refractivity contribution is 5.82. The summed E-state index contributed by atoms with van der Waals surface area (Å²) >= 11 is 0. The smallest absolute Gasteiger partial charge is 0.237 e. The number of rotatable bonds is 4. The van der Waals surface area contributed by atoms with E-state index in [0.29, 0.717) is 6.42 Å². The number of benzene rings is 1. The molecule has 5 nitrogen and oxygen atoms in total. The van der Waals surface area contributed by atoms with Gasteiger partial charge in [-0.05, 0) is 54.7 Å². The van der Waals surface area contributed by atoms with Crippen molar-refractivity contribution in [2.24, 2.45) is 5.73 Å². The van der Waals surface area contributed by atoms with E-state index in [2.05, 4.69) is 10.3 Å². The fourth-order valence-corrected chi connectivity index (χ4v) is 3.07. The molecule has 1 aromatic carbocycles. The van der Waals surface area contributed by atoms with Gasteiger partial charge in [0.1, 0.15) is 5.75 Å². The molecule has 1 aromatic heterocycles. The van der Waals surface area contributed by atoms with E-state index in [4.69, 9.17) is 5.73 Å². The lowest BCUT2D eigenvalue weighted by atomic mass is 9.87. The topological polar surface area (TPSA) is 88.2 Å². The fraction of sp³-hybridized carbons (Fsp3) is 0.333. The molecule has 1 aliphatic carbocycles. The number of carbonyl (C=O) groups is 1. The molecule has 3 rings (SSSR count). The van der Waals surface area contributed by atoms with Gasteiger partial charge in [-0.3, -0.25) is 9.78 Å². The third kappa shape index (κ3) is 3.68. The van der Waals surface area contributed by atoms with Gasteiger partial charge in [0.05, 0.1) is 12.1 Å². The van der Waals surface area contributed by atoms with E-state index < -0.39 is 6.04 Å². The second kappa shape index (κ2) is 6.79. The molecule has 120 valence electrons. The van der Waals surface area contributed by atoms with Gasteiger partial charge < -0.3 is 16.2 Å². The number of hydrogen-bond acceptors (Lipinski definition) is 4. The van der Waals surface area contributed by atoms with Crippen LogP contribution < -0.4 is 11.1 Å². The van der Waals surface area contributed by atoms with Gasteiger partial charge >= 0.3 is 0 Å². The second-order valence-corrected chi connectivity index (χ2v) is 5.97. The normalized spacial score (nSPS) is 18.0. The highest BCUT2D eigenvalue weighted by Gasteiger charge is 2.24. The van der Waals surface area contributed by atoms with Crippen LogP contribution in [0.2, 0.25) is 0 Å². The third-order valence-electron chi connectivity index (χ3n) is 4.25. The van der Waals surface area contributed by atoms with Gasteiger partial charge in [0, 0.05) is 18.3 Å². The van der Waals surface area contributed by atoms with Crippen molar-refractivity contribution in [1.29, 1.82) is 0 Å². The minimum atomic E-state index is -0.618. The number of hydrogen-bond donors (Lipinski definition) is 3. The monoisotopic (exact) mass is 311 g/mol. The summed E-state index contributed by atoms with van der Waals surface area (Å²) in [5.41, 5.74) is 9.00. The maximum atomic E-state index is 12.4. The molecule has 0 fully saturated rings. The van der Waals surface area contributed by atoms with Crippen molar-refractivity contribution in [1.82, 2.24) is 10.3 Å². The Bertz CT molecular complexity index is 688. The zero-order valence-electron chi connectivity index (χ0n) is 12.9. The molecule has 5 heteroatoms. The summed E-state index contributed by atoms with van der Waals surface area (Å²) in [6.07, 6.45) is 4.92. The summed E-state index contributed by atoms with van der Waals surface area (Å²) < 4.78 is 0. The average Bonchev–Trinajstić information content (AvgIpc) is 2.55. The number of pyridine rings is 1. The van der Waals surface area contributed by atoms with Crippen molar-refractivity contribution in [3.8, 4) is 5.75 Å². The highest BCUT2D eigenvalue weighted by Crippen LogP contribution is 2.31. The number of nitrogens with zero attached hydrogens (tertiary/aromatic N) is 1. The summed E-state index contributed by atoms with van der Waals surface area (Å²) in [5, 5.41) is 12.6. The van der Waals surface area contributed by atoms with Crippen molar-refractivity contribution in [3.63, 3.8) is 0 Å². The van der Waals surface area contributed by atoms with E-state index in [1.165, 1.54) is 0 Å². The molecule has 1 amide bonds. The Kier molecular flexibility index (Phi) is 4.57. The predicted molar refractivity (Wildman–Crippen MR) is 87.8 cm³/mol. The lowest BCUT2D eigenvalue weighted by Crippen LogP contribution is -2.44. The van der Waals surface area contributed by atoms with Crippen molar-refractivity contribution in [2.75, 3.05) is 0 Å². The number of phenolic OH excluding ortho intramolecular Hbond substituents is 1. The molecule has 1 aliphatic rings. The van der Waals surface area contributed by atoms with Gasteiger partial charge in [-0.25, -0.2) is 0 Å². The Morgan fingerprint density at radius 1 is 1.39 bits per heavy atom. The average molecular weight is 311 g/mol. The quantitative estimate of drug-likeness (QED) is 0.804. The van der Waals surface area contributed by atoms with Crippen LogP contribution in [0.1, 0.15) is 35.7 Å². The maximum absolute atomic E-state index is 12.4. The second-order valence-electron chi connectivity index (χ2n) is 5.97. The zero-order chi connectivity index (χ0) is 16.2. The number of aromatic hydroxyl groups is 1. The Morgan fingerprint density at radius 3 is 3.04 bits per heavy atom. The number of nitrogens with two attached hydrogens (primary N) is 1.